The highest BCUT2D eigenvalue weighted by molar-refractivity contribution is 9.10. The normalized spacial score (nSPS) is 17.4. The van der Waals surface area contributed by atoms with Crippen LogP contribution in [-0.4, -0.2) is 5.16 Å². The van der Waals surface area contributed by atoms with Gasteiger partial charge in [0.15, 0.2) is 5.82 Å². The molecule has 4 heteroatoms. The first-order valence-electron chi connectivity index (χ1n) is 7.77. The van der Waals surface area contributed by atoms with E-state index in [0.717, 1.165) is 21.4 Å². The Morgan fingerprint density at radius 3 is 2.43 bits per heavy atom. The smallest absolute Gasteiger partial charge is 0.175 e. The molecule has 1 saturated carbocycles. The van der Waals surface area contributed by atoms with Gasteiger partial charge in [-0.3, -0.25) is 0 Å². The third kappa shape index (κ3) is 3.15. The second-order valence-corrected chi connectivity index (χ2v) is 6.68. The van der Waals surface area contributed by atoms with Crippen molar-refractivity contribution >= 4 is 21.7 Å². The van der Waals surface area contributed by atoms with E-state index in [1.165, 1.54) is 44.9 Å². The standard InChI is InChI=1S/C17H21BrN2O/c18-14-11-7-6-10-13(14)15-16(21-20-17(15)19)12-8-4-2-1-3-5-9-12/h6-7,10-12H,1-5,8-9H2,(H2,19,20). The number of anilines is 1. The Labute approximate surface area is 134 Å². The van der Waals surface area contributed by atoms with Gasteiger partial charge in [-0.15, -0.1) is 0 Å². The van der Waals surface area contributed by atoms with Crippen LogP contribution in [0.2, 0.25) is 0 Å². The van der Waals surface area contributed by atoms with Gasteiger partial charge in [0, 0.05) is 16.0 Å². The fraction of sp³-hybridized carbons (Fsp3) is 0.471. The van der Waals surface area contributed by atoms with E-state index >= 15 is 0 Å². The van der Waals surface area contributed by atoms with Gasteiger partial charge in [-0.2, -0.15) is 0 Å². The van der Waals surface area contributed by atoms with Crippen molar-refractivity contribution in [1.82, 2.24) is 5.16 Å². The van der Waals surface area contributed by atoms with Gasteiger partial charge in [-0.1, -0.05) is 71.4 Å². The number of nitrogens with two attached hydrogens (primary N) is 1. The molecule has 21 heavy (non-hydrogen) atoms. The Kier molecular flexibility index (Phi) is 4.63. The Morgan fingerprint density at radius 2 is 1.71 bits per heavy atom. The number of hydrogen-bond acceptors (Lipinski definition) is 3. The highest BCUT2D eigenvalue weighted by Crippen LogP contribution is 2.41. The number of nitrogen functional groups attached to an aromatic ring is 1. The molecule has 1 aromatic heterocycles. The van der Waals surface area contributed by atoms with Gasteiger partial charge in [-0.05, 0) is 18.9 Å². The summed E-state index contributed by atoms with van der Waals surface area (Å²) >= 11 is 3.61. The molecule has 0 unspecified atom stereocenters. The quantitative estimate of drug-likeness (QED) is 0.777. The fourth-order valence-electron chi connectivity index (χ4n) is 3.25. The number of halogens is 1. The van der Waals surface area contributed by atoms with E-state index in [-0.39, 0.29) is 0 Å². The molecular formula is C17H21BrN2O. The summed E-state index contributed by atoms with van der Waals surface area (Å²) in [7, 11) is 0. The van der Waals surface area contributed by atoms with Crippen LogP contribution in [0.4, 0.5) is 5.82 Å². The molecule has 0 saturated heterocycles. The molecule has 1 aromatic carbocycles. The van der Waals surface area contributed by atoms with E-state index in [1.54, 1.807) is 0 Å². The number of benzene rings is 1. The maximum absolute atomic E-state index is 6.09. The monoisotopic (exact) mass is 348 g/mol. The minimum absolute atomic E-state index is 0.442. The molecule has 1 aliphatic carbocycles. The summed E-state index contributed by atoms with van der Waals surface area (Å²) in [5, 5.41) is 4.05. The molecular weight excluding hydrogens is 328 g/mol. The van der Waals surface area contributed by atoms with Crippen molar-refractivity contribution in [2.75, 3.05) is 5.73 Å². The molecule has 2 aromatic rings. The predicted molar refractivity (Wildman–Crippen MR) is 89.1 cm³/mol. The van der Waals surface area contributed by atoms with Crippen LogP contribution in [0.15, 0.2) is 33.3 Å². The Hall–Kier alpha value is -1.29. The van der Waals surface area contributed by atoms with Crippen LogP contribution in [0.25, 0.3) is 11.1 Å². The zero-order valence-electron chi connectivity index (χ0n) is 12.1. The van der Waals surface area contributed by atoms with Gasteiger partial charge < -0.3 is 10.3 Å². The van der Waals surface area contributed by atoms with Crippen molar-refractivity contribution in [2.24, 2.45) is 0 Å². The molecule has 0 amide bonds. The molecule has 3 nitrogen and oxygen atoms in total. The van der Waals surface area contributed by atoms with Crippen molar-refractivity contribution in [3.05, 3.63) is 34.5 Å². The average Bonchev–Trinajstić information content (AvgIpc) is 2.81. The molecule has 0 radical (unpaired) electrons. The first kappa shape index (κ1) is 14.6. The van der Waals surface area contributed by atoms with Crippen LogP contribution < -0.4 is 5.73 Å². The van der Waals surface area contributed by atoms with E-state index in [0.29, 0.717) is 11.7 Å². The van der Waals surface area contributed by atoms with E-state index in [9.17, 15) is 0 Å². The molecule has 1 heterocycles. The zero-order valence-corrected chi connectivity index (χ0v) is 13.7. The van der Waals surface area contributed by atoms with Gasteiger partial charge in [0.05, 0.1) is 5.56 Å². The Bertz CT molecular complexity index is 601. The van der Waals surface area contributed by atoms with Crippen LogP contribution in [0.3, 0.4) is 0 Å². The van der Waals surface area contributed by atoms with Gasteiger partial charge >= 0.3 is 0 Å². The Balaban J connectivity index is 1.98. The first-order chi connectivity index (χ1) is 10.3. The minimum atomic E-state index is 0.442. The van der Waals surface area contributed by atoms with Crippen molar-refractivity contribution in [1.29, 1.82) is 0 Å². The third-order valence-corrected chi connectivity index (χ3v) is 5.06. The fourth-order valence-corrected chi connectivity index (χ4v) is 3.73. The van der Waals surface area contributed by atoms with Crippen molar-refractivity contribution < 1.29 is 4.52 Å². The summed E-state index contributed by atoms with van der Waals surface area (Å²) < 4.78 is 6.68. The maximum atomic E-state index is 6.09. The van der Waals surface area contributed by atoms with Crippen LogP contribution in [0.1, 0.15) is 56.6 Å². The lowest BCUT2D eigenvalue weighted by molar-refractivity contribution is 0.332. The second kappa shape index (κ2) is 6.65. The zero-order chi connectivity index (χ0) is 14.7. The first-order valence-corrected chi connectivity index (χ1v) is 8.56. The van der Waals surface area contributed by atoms with Crippen molar-refractivity contribution in [3.8, 4) is 11.1 Å². The molecule has 0 bridgehead atoms. The molecule has 0 spiro atoms. The van der Waals surface area contributed by atoms with Gasteiger partial charge in [-0.25, -0.2) is 0 Å². The number of nitrogens with zero attached hydrogens (tertiary/aromatic N) is 1. The lowest BCUT2D eigenvalue weighted by Crippen LogP contribution is -2.03. The summed E-state index contributed by atoms with van der Waals surface area (Å²) in [5.41, 5.74) is 8.15. The molecule has 3 rings (SSSR count). The summed E-state index contributed by atoms with van der Waals surface area (Å²) in [6.45, 7) is 0. The number of aromatic nitrogens is 1. The largest absolute Gasteiger partial charge is 0.380 e. The van der Waals surface area contributed by atoms with Crippen LogP contribution in [0, 0.1) is 0 Å². The molecule has 2 N–H and O–H groups in total. The SMILES string of the molecule is Nc1noc(C2CCCCCCC2)c1-c1ccccc1Br. The highest BCUT2D eigenvalue weighted by Gasteiger charge is 2.25. The topological polar surface area (TPSA) is 52.0 Å². The van der Waals surface area contributed by atoms with Gasteiger partial charge in [0.25, 0.3) is 0 Å². The van der Waals surface area contributed by atoms with Crippen molar-refractivity contribution in [2.45, 2.75) is 50.9 Å². The number of hydrogen-bond donors (Lipinski definition) is 1. The molecule has 112 valence electrons. The van der Waals surface area contributed by atoms with E-state index in [4.69, 9.17) is 10.3 Å². The summed E-state index contributed by atoms with van der Waals surface area (Å²) in [6.07, 6.45) is 8.89. The third-order valence-electron chi connectivity index (χ3n) is 4.36. The predicted octanol–water partition coefficient (Wildman–Crippen LogP) is 5.51. The van der Waals surface area contributed by atoms with Crippen LogP contribution >= 0.6 is 15.9 Å². The van der Waals surface area contributed by atoms with Crippen LogP contribution in [0.5, 0.6) is 0 Å². The number of rotatable bonds is 2. The minimum Gasteiger partial charge on any atom is -0.380 e. The average molecular weight is 349 g/mol. The van der Waals surface area contributed by atoms with Crippen molar-refractivity contribution in [3.63, 3.8) is 0 Å². The van der Waals surface area contributed by atoms with E-state index in [1.807, 2.05) is 18.2 Å². The summed E-state index contributed by atoms with van der Waals surface area (Å²) in [4.78, 5) is 0. The Morgan fingerprint density at radius 1 is 1.05 bits per heavy atom. The van der Waals surface area contributed by atoms with E-state index in [2.05, 4.69) is 27.2 Å². The highest BCUT2D eigenvalue weighted by atomic mass is 79.9. The van der Waals surface area contributed by atoms with Gasteiger partial charge in [0.1, 0.15) is 5.76 Å². The molecule has 0 aliphatic heterocycles. The second-order valence-electron chi connectivity index (χ2n) is 5.83. The van der Waals surface area contributed by atoms with E-state index < -0.39 is 0 Å². The lowest BCUT2D eigenvalue weighted by atomic mass is 9.86. The molecule has 1 fully saturated rings. The van der Waals surface area contributed by atoms with Crippen LogP contribution in [-0.2, 0) is 0 Å². The molecule has 1 aliphatic rings. The van der Waals surface area contributed by atoms with Gasteiger partial charge in [0.2, 0.25) is 0 Å². The summed E-state index contributed by atoms with van der Waals surface area (Å²) in [5.74, 6) is 1.91. The molecule has 0 atom stereocenters. The maximum Gasteiger partial charge on any atom is 0.175 e. The lowest BCUT2D eigenvalue weighted by Gasteiger charge is -2.18. The summed E-state index contributed by atoms with van der Waals surface area (Å²) in [6, 6.07) is 8.13.